The van der Waals surface area contributed by atoms with Gasteiger partial charge in [-0.15, -0.1) is 0 Å². The first-order valence-electron chi connectivity index (χ1n) is 11.1. The number of nitrogens with one attached hydrogen (secondary N) is 4. The number of ether oxygens (including phenoxy) is 2. The fourth-order valence-corrected chi connectivity index (χ4v) is 5.61. The van der Waals surface area contributed by atoms with E-state index in [0.717, 1.165) is 55.3 Å². The first kappa shape index (κ1) is 22.6. The third-order valence-electron chi connectivity index (χ3n) is 5.95. The molecule has 0 spiro atoms. The van der Waals surface area contributed by atoms with E-state index in [9.17, 15) is 13.2 Å². The van der Waals surface area contributed by atoms with Crippen molar-refractivity contribution in [2.24, 2.45) is 0 Å². The molecule has 1 aromatic carbocycles. The zero-order valence-electron chi connectivity index (χ0n) is 18.4. The van der Waals surface area contributed by atoms with Gasteiger partial charge in [0.2, 0.25) is 5.88 Å². The number of fused-ring (bicyclic) bond motifs is 2. The number of hydrogen-bond acceptors (Lipinski definition) is 7. The van der Waals surface area contributed by atoms with E-state index < -0.39 is 21.0 Å². The highest BCUT2D eigenvalue weighted by molar-refractivity contribution is 7.94. The zero-order chi connectivity index (χ0) is 22.9. The topological polar surface area (TPSA) is 130 Å². The minimum absolute atomic E-state index is 0.00752. The lowest BCUT2D eigenvalue weighted by molar-refractivity contribution is -0.0501. The number of amides is 2. The minimum Gasteiger partial charge on any atom is -0.475 e. The Morgan fingerprint density at radius 3 is 2.41 bits per heavy atom. The van der Waals surface area contributed by atoms with Crippen LogP contribution in [-0.4, -0.2) is 46.0 Å². The quantitative estimate of drug-likeness (QED) is 0.480. The van der Waals surface area contributed by atoms with Crippen LogP contribution < -0.4 is 15.4 Å². The predicted molar refractivity (Wildman–Crippen MR) is 121 cm³/mol. The van der Waals surface area contributed by atoms with E-state index in [0.29, 0.717) is 12.8 Å². The van der Waals surface area contributed by atoms with Gasteiger partial charge in [-0.1, -0.05) is 6.07 Å². The number of urea groups is 1. The molecular formula is C22H30N4O5S. The molecule has 10 heteroatoms. The van der Waals surface area contributed by atoms with E-state index in [4.69, 9.17) is 14.9 Å². The van der Waals surface area contributed by atoms with Crippen molar-refractivity contribution in [1.29, 1.82) is 5.41 Å². The van der Waals surface area contributed by atoms with Gasteiger partial charge in [-0.05, 0) is 74.6 Å². The van der Waals surface area contributed by atoms with Gasteiger partial charge in [-0.25, -0.2) is 17.9 Å². The fourth-order valence-electron chi connectivity index (χ4n) is 4.67. The van der Waals surface area contributed by atoms with Crippen molar-refractivity contribution in [3.63, 3.8) is 0 Å². The highest BCUT2D eigenvalue weighted by Crippen LogP contribution is 2.38. The summed E-state index contributed by atoms with van der Waals surface area (Å²) in [5.74, 6) is -0.0644. The minimum atomic E-state index is -4.31. The van der Waals surface area contributed by atoms with E-state index in [-0.39, 0.29) is 24.7 Å². The molecule has 2 aliphatic carbocycles. The molecule has 0 aromatic heterocycles. The number of carbonyl (C=O) groups is 1. The third-order valence-corrected chi connectivity index (χ3v) is 7.29. The van der Waals surface area contributed by atoms with Gasteiger partial charge in [0.15, 0.2) is 4.91 Å². The molecule has 4 rings (SSSR count). The SMILES string of the molecule is CC(C)OC1CN/C(=C(\C=N)S(=O)(=O)NC(=O)Nc2c3c(cc4c2CCC4)CCC3)OC1. The summed E-state index contributed by atoms with van der Waals surface area (Å²) in [6.45, 7) is 4.30. The second-order valence-corrected chi connectivity index (χ2v) is 10.3. The Labute approximate surface area is 188 Å². The van der Waals surface area contributed by atoms with E-state index in [1.807, 2.05) is 18.6 Å². The van der Waals surface area contributed by atoms with Gasteiger partial charge in [0.05, 0.1) is 6.10 Å². The standard InChI is InChI=1S/C22H30N4O5S/c1-13(2)31-16-11-24-21(30-12-16)19(10-23)32(28,29)26-22(27)25-20-17-7-3-5-14(17)9-15-6-4-8-18(15)20/h9-10,13,16,23-24H,3-8,11-12H2,1-2H3,(H2,25,26,27)/b21-19-,23-10?. The molecule has 1 saturated heterocycles. The number of anilines is 1. The number of hydrogen-bond donors (Lipinski definition) is 4. The molecule has 1 fully saturated rings. The van der Waals surface area contributed by atoms with Crippen LogP contribution in [0.15, 0.2) is 16.9 Å². The number of carbonyl (C=O) groups excluding carboxylic acids is 1. The summed E-state index contributed by atoms with van der Waals surface area (Å²) >= 11 is 0. The molecule has 3 aliphatic rings. The summed E-state index contributed by atoms with van der Waals surface area (Å²) in [5.41, 5.74) is 5.45. The molecule has 0 saturated carbocycles. The van der Waals surface area contributed by atoms with Crippen LogP contribution >= 0.6 is 0 Å². The normalized spacial score (nSPS) is 21.3. The van der Waals surface area contributed by atoms with Gasteiger partial charge in [0, 0.05) is 18.4 Å². The summed E-state index contributed by atoms with van der Waals surface area (Å²) in [5, 5.41) is 13.3. The number of aryl methyl sites for hydroxylation is 2. The van der Waals surface area contributed by atoms with Crippen LogP contribution in [0, 0.1) is 5.41 Å². The molecule has 32 heavy (non-hydrogen) atoms. The van der Waals surface area contributed by atoms with Gasteiger partial charge < -0.3 is 25.5 Å². The first-order chi connectivity index (χ1) is 15.3. The molecule has 4 N–H and O–H groups in total. The summed E-state index contributed by atoms with van der Waals surface area (Å²) in [6.07, 6.45) is 6.20. The highest BCUT2D eigenvalue weighted by atomic mass is 32.2. The molecule has 9 nitrogen and oxygen atoms in total. The Balaban J connectivity index is 1.49. The molecule has 1 heterocycles. The van der Waals surface area contributed by atoms with Crippen LogP contribution in [0.25, 0.3) is 0 Å². The second-order valence-electron chi connectivity index (χ2n) is 8.63. The lowest BCUT2D eigenvalue weighted by Crippen LogP contribution is -2.43. The van der Waals surface area contributed by atoms with Crippen LogP contribution in [0.1, 0.15) is 48.9 Å². The Kier molecular flexibility index (Phi) is 6.43. The van der Waals surface area contributed by atoms with Crippen LogP contribution in [0.3, 0.4) is 0 Å². The maximum Gasteiger partial charge on any atom is 0.333 e. The van der Waals surface area contributed by atoms with Crippen molar-refractivity contribution in [1.82, 2.24) is 10.0 Å². The number of benzene rings is 1. The Morgan fingerprint density at radius 2 is 1.88 bits per heavy atom. The van der Waals surface area contributed by atoms with Gasteiger partial charge in [0.1, 0.15) is 12.7 Å². The summed E-state index contributed by atoms with van der Waals surface area (Å²) in [6, 6.07) is 1.40. The van der Waals surface area contributed by atoms with Gasteiger partial charge in [-0.3, -0.25) is 0 Å². The van der Waals surface area contributed by atoms with E-state index >= 15 is 0 Å². The second kappa shape index (κ2) is 9.11. The van der Waals surface area contributed by atoms with Crippen molar-refractivity contribution in [3.8, 4) is 0 Å². The molecule has 2 amide bonds. The molecule has 1 atom stereocenters. The molecule has 174 valence electrons. The number of allylic oxidation sites excluding steroid dienone is 1. The molecule has 1 aromatic rings. The van der Waals surface area contributed by atoms with E-state index in [2.05, 4.69) is 16.7 Å². The lowest BCUT2D eigenvalue weighted by Gasteiger charge is -2.28. The van der Waals surface area contributed by atoms with Crippen molar-refractivity contribution < 1.29 is 22.7 Å². The van der Waals surface area contributed by atoms with Crippen LogP contribution in [-0.2, 0) is 45.2 Å². The van der Waals surface area contributed by atoms with E-state index in [1.54, 1.807) is 0 Å². The molecule has 0 radical (unpaired) electrons. The Morgan fingerprint density at radius 1 is 1.22 bits per heavy atom. The average Bonchev–Trinajstić information content (AvgIpc) is 3.38. The molecule has 1 aliphatic heterocycles. The smallest absolute Gasteiger partial charge is 0.333 e. The molecular weight excluding hydrogens is 432 g/mol. The van der Waals surface area contributed by atoms with Crippen molar-refractivity contribution in [3.05, 3.63) is 39.1 Å². The average molecular weight is 463 g/mol. The lowest BCUT2D eigenvalue weighted by atomic mass is 9.99. The van der Waals surface area contributed by atoms with Crippen molar-refractivity contribution in [2.45, 2.75) is 64.6 Å². The monoisotopic (exact) mass is 462 g/mol. The van der Waals surface area contributed by atoms with Crippen molar-refractivity contribution in [2.75, 3.05) is 18.5 Å². The van der Waals surface area contributed by atoms with Crippen LogP contribution in [0.2, 0.25) is 0 Å². The van der Waals surface area contributed by atoms with Gasteiger partial charge in [-0.2, -0.15) is 0 Å². The maximum atomic E-state index is 12.9. The molecule has 1 unspecified atom stereocenters. The predicted octanol–water partition coefficient (Wildman–Crippen LogP) is 2.35. The summed E-state index contributed by atoms with van der Waals surface area (Å²) in [7, 11) is -4.31. The summed E-state index contributed by atoms with van der Waals surface area (Å²) in [4.78, 5) is 12.3. The Bertz CT molecular complexity index is 1020. The Hall–Kier alpha value is -2.59. The third kappa shape index (κ3) is 4.61. The fraction of sp³-hybridized carbons (Fsp3) is 0.545. The maximum absolute atomic E-state index is 12.9. The zero-order valence-corrected chi connectivity index (χ0v) is 19.2. The van der Waals surface area contributed by atoms with Crippen LogP contribution in [0.4, 0.5) is 10.5 Å². The molecule has 0 bridgehead atoms. The van der Waals surface area contributed by atoms with Crippen molar-refractivity contribution >= 4 is 28.0 Å². The number of rotatable bonds is 6. The largest absolute Gasteiger partial charge is 0.475 e. The highest BCUT2D eigenvalue weighted by Gasteiger charge is 2.30. The van der Waals surface area contributed by atoms with Crippen LogP contribution in [0.5, 0.6) is 0 Å². The van der Waals surface area contributed by atoms with Gasteiger partial charge >= 0.3 is 6.03 Å². The number of sulfonamides is 1. The first-order valence-corrected chi connectivity index (χ1v) is 12.5. The van der Waals surface area contributed by atoms with E-state index in [1.165, 1.54) is 11.1 Å². The summed E-state index contributed by atoms with van der Waals surface area (Å²) < 4.78 is 38.9. The van der Waals surface area contributed by atoms with Gasteiger partial charge in [0.25, 0.3) is 10.0 Å².